The summed E-state index contributed by atoms with van der Waals surface area (Å²) in [5, 5.41) is 21.3. The first-order valence-electron chi connectivity index (χ1n) is 8.96. The van der Waals surface area contributed by atoms with Gasteiger partial charge >= 0.3 is 0 Å². The molecule has 0 saturated heterocycles. The highest BCUT2D eigenvalue weighted by molar-refractivity contribution is 14.0. The highest BCUT2D eigenvalue weighted by Gasteiger charge is 2.26. The highest BCUT2D eigenvalue weighted by Crippen LogP contribution is 2.19. The molecule has 28 heavy (non-hydrogen) atoms. The average molecular weight is 495 g/mol. The third-order valence-electron chi connectivity index (χ3n) is 4.07. The lowest BCUT2D eigenvalue weighted by molar-refractivity contribution is 0.0386. The van der Waals surface area contributed by atoms with Crippen molar-refractivity contribution in [3.8, 4) is 5.69 Å². The van der Waals surface area contributed by atoms with E-state index in [1.807, 2.05) is 48.1 Å². The fraction of sp³-hybridized carbons (Fsp3) is 0.300. The molecule has 0 bridgehead atoms. The van der Waals surface area contributed by atoms with Crippen molar-refractivity contribution >= 4 is 29.9 Å². The Kier molecular flexibility index (Phi) is 8.06. The van der Waals surface area contributed by atoms with Gasteiger partial charge in [-0.3, -0.25) is 0 Å². The minimum atomic E-state index is -1.13. The lowest BCUT2D eigenvalue weighted by atomic mass is 10.0. The smallest absolute Gasteiger partial charge is 0.191 e. The molecule has 2 aromatic heterocycles. The van der Waals surface area contributed by atoms with Crippen LogP contribution in [-0.2, 0) is 12.1 Å². The zero-order valence-corrected chi connectivity index (χ0v) is 18.3. The Labute approximate surface area is 181 Å². The van der Waals surface area contributed by atoms with E-state index in [0.29, 0.717) is 18.3 Å². The molecule has 0 aliphatic heterocycles. The molecule has 1 aromatic carbocycles. The van der Waals surface area contributed by atoms with Gasteiger partial charge in [-0.1, -0.05) is 18.2 Å². The third kappa shape index (κ3) is 5.83. The first-order valence-corrected chi connectivity index (χ1v) is 8.96. The van der Waals surface area contributed by atoms with Gasteiger partial charge in [0, 0.05) is 18.3 Å². The molecule has 150 valence electrons. The minimum absolute atomic E-state index is 0. The number of furan rings is 1. The number of benzene rings is 1. The second kappa shape index (κ2) is 10.3. The summed E-state index contributed by atoms with van der Waals surface area (Å²) < 4.78 is 7.13. The molecule has 0 aliphatic rings. The van der Waals surface area contributed by atoms with Crippen LogP contribution in [0.1, 0.15) is 25.2 Å². The van der Waals surface area contributed by atoms with Crippen molar-refractivity contribution < 1.29 is 9.52 Å². The number of halogens is 1. The highest BCUT2D eigenvalue weighted by atomic mass is 127. The third-order valence-corrected chi connectivity index (χ3v) is 4.07. The van der Waals surface area contributed by atoms with Gasteiger partial charge in [-0.05, 0) is 38.1 Å². The average Bonchev–Trinajstić information content (AvgIpc) is 3.37. The van der Waals surface area contributed by atoms with E-state index in [1.54, 1.807) is 31.5 Å². The van der Waals surface area contributed by atoms with E-state index in [1.165, 1.54) is 0 Å². The molecule has 3 rings (SSSR count). The summed E-state index contributed by atoms with van der Waals surface area (Å²) in [6.07, 6.45) is 5.31. The van der Waals surface area contributed by atoms with Crippen molar-refractivity contribution in [2.24, 2.45) is 4.99 Å². The van der Waals surface area contributed by atoms with Crippen LogP contribution in [0.3, 0.4) is 0 Å². The van der Waals surface area contributed by atoms with E-state index in [2.05, 4.69) is 20.7 Å². The normalized spacial score (nSPS) is 13.5. The molecule has 3 N–H and O–H groups in total. The van der Waals surface area contributed by atoms with Crippen LogP contribution in [0.15, 0.2) is 70.5 Å². The number of rotatable bonds is 7. The van der Waals surface area contributed by atoms with Crippen LogP contribution < -0.4 is 10.6 Å². The standard InChI is InChI=1S/C20H25N5O2.HI/c1-3-21-19(23-15-20(2,26)18-10-7-11-27-18)22-12-16-13-24-25(14-16)17-8-5-4-6-9-17;/h4-11,13-14,26H,3,12,15H2,1-2H3,(H2,21,22,23);1H. The summed E-state index contributed by atoms with van der Waals surface area (Å²) >= 11 is 0. The van der Waals surface area contributed by atoms with E-state index < -0.39 is 5.60 Å². The molecule has 0 aliphatic carbocycles. The van der Waals surface area contributed by atoms with Gasteiger partial charge in [-0.2, -0.15) is 5.10 Å². The summed E-state index contributed by atoms with van der Waals surface area (Å²) in [6.45, 7) is 5.17. The number of hydrogen-bond acceptors (Lipinski definition) is 4. The molecule has 0 fully saturated rings. The molecule has 3 aromatic rings. The van der Waals surface area contributed by atoms with Crippen LogP contribution in [0.25, 0.3) is 5.69 Å². The summed E-state index contributed by atoms with van der Waals surface area (Å²) in [5.74, 6) is 1.13. The molecular formula is C20H26IN5O2. The first kappa shape index (κ1) is 22.0. The van der Waals surface area contributed by atoms with Crippen LogP contribution >= 0.6 is 24.0 Å². The zero-order chi connectivity index (χ0) is 19.1. The number of nitrogens with zero attached hydrogens (tertiary/aromatic N) is 3. The summed E-state index contributed by atoms with van der Waals surface area (Å²) in [4.78, 5) is 4.57. The number of para-hydroxylation sites is 1. The maximum atomic E-state index is 10.6. The van der Waals surface area contributed by atoms with Gasteiger partial charge in [0.15, 0.2) is 5.96 Å². The van der Waals surface area contributed by atoms with Crippen molar-refractivity contribution in [3.05, 3.63) is 72.4 Å². The fourth-order valence-electron chi connectivity index (χ4n) is 2.60. The Balaban J connectivity index is 0.00000280. The molecule has 0 radical (unpaired) electrons. The van der Waals surface area contributed by atoms with Gasteiger partial charge in [0.05, 0.1) is 31.2 Å². The van der Waals surface area contributed by atoms with Crippen molar-refractivity contribution in [1.29, 1.82) is 0 Å². The maximum absolute atomic E-state index is 10.6. The summed E-state index contributed by atoms with van der Waals surface area (Å²) in [6, 6.07) is 13.5. The van der Waals surface area contributed by atoms with Crippen LogP contribution in [-0.4, -0.2) is 33.9 Å². The van der Waals surface area contributed by atoms with E-state index in [4.69, 9.17) is 4.42 Å². The second-order valence-electron chi connectivity index (χ2n) is 6.43. The van der Waals surface area contributed by atoms with E-state index in [9.17, 15) is 5.11 Å². The SMILES string of the molecule is CCNC(=NCc1cnn(-c2ccccc2)c1)NCC(C)(O)c1ccco1.I. The van der Waals surface area contributed by atoms with Gasteiger partial charge in [-0.15, -0.1) is 24.0 Å². The van der Waals surface area contributed by atoms with Gasteiger partial charge in [0.1, 0.15) is 11.4 Å². The molecule has 0 amide bonds. The van der Waals surface area contributed by atoms with Crippen LogP contribution in [0.2, 0.25) is 0 Å². The van der Waals surface area contributed by atoms with Gasteiger partial charge in [0.2, 0.25) is 0 Å². The number of guanidine groups is 1. The molecule has 2 heterocycles. The monoisotopic (exact) mass is 495 g/mol. The molecule has 7 nitrogen and oxygen atoms in total. The predicted octanol–water partition coefficient (Wildman–Crippen LogP) is 3.05. The Bertz CT molecular complexity index is 860. The molecular weight excluding hydrogens is 469 g/mol. The minimum Gasteiger partial charge on any atom is -0.466 e. The fourth-order valence-corrected chi connectivity index (χ4v) is 2.60. The van der Waals surface area contributed by atoms with E-state index in [-0.39, 0.29) is 30.5 Å². The Morgan fingerprint density at radius 2 is 2.00 bits per heavy atom. The van der Waals surface area contributed by atoms with Gasteiger partial charge in [0.25, 0.3) is 0 Å². The molecule has 1 unspecified atom stereocenters. The zero-order valence-electron chi connectivity index (χ0n) is 16.0. The number of aliphatic imine (C=N–C) groups is 1. The van der Waals surface area contributed by atoms with Crippen molar-refractivity contribution in [3.63, 3.8) is 0 Å². The van der Waals surface area contributed by atoms with Crippen molar-refractivity contribution in [2.75, 3.05) is 13.1 Å². The second-order valence-corrected chi connectivity index (χ2v) is 6.43. The number of hydrogen-bond donors (Lipinski definition) is 3. The quantitative estimate of drug-likeness (QED) is 0.267. The maximum Gasteiger partial charge on any atom is 0.191 e. The predicted molar refractivity (Wildman–Crippen MR) is 120 cm³/mol. The Morgan fingerprint density at radius 3 is 2.68 bits per heavy atom. The number of aromatic nitrogens is 2. The summed E-state index contributed by atoms with van der Waals surface area (Å²) in [5.41, 5.74) is 0.874. The van der Waals surface area contributed by atoms with Crippen molar-refractivity contribution in [2.45, 2.75) is 26.0 Å². The van der Waals surface area contributed by atoms with Gasteiger partial charge in [-0.25, -0.2) is 9.67 Å². The van der Waals surface area contributed by atoms with E-state index in [0.717, 1.165) is 17.8 Å². The summed E-state index contributed by atoms with van der Waals surface area (Å²) in [7, 11) is 0. The van der Waals surface area contributed by atoms with E-state index >= 15 is 0 Å². The molecule has 0 spiro atoms. The Morgan fingerprint density at radius 1 is 1.21 bits per heavy atom. The number of nitrogens with one attached hydrogen (secondary N) is 2. The van der Waals surface area contributed by atoms with Crippen LogP contribution in [0, 0.1) is 0 Å². The van der Waals surface area contributed by atoms with Crippen LogP contribution in [0.5, 0.6) is 0 Å². The number of aliphatic hydroxyl groups is 1. The molecule has 0 saturated carbocycles. The van der Waals surface area contributed by atoms with Crippen molar-refractivity contribution in [1.82, 2.24) is 20.4 Å². The first-order chi connectivity index (χ1) is 13.1. The molecule has 8 heteroatoms. The molecule has 1 atom stereocenters. The lowest BCUT2D eigenvalue weighted by Crippen LogP contribution is -2.44. The Hall–Kier alpha value is -2.33. The van der Waals surface area contributed by atoms with Crippen LogP contribution in [0.4, 0.5) is 0 Å². The lowest BCUT2D eigenvalue weighted by Gasteiger charge is -2.22. The largest absolute Gasteiger partial charge is 0.466 e. The topological polar surface area (TPSA) is 87.6 Å². The van der Waals surface area contributed by atoms with Gasteiger partial charge < -0.3 is 20.2 Å².